The number of fused-ring (bicyclic) bond motifs is 3. The van der Waals surface area contributed by atoms with Gasteiger partial charge in [0, 0.05) is 24.8 Å². The number of carbonyl (C=O) groups is 1. The van der Waals surface area contributed by atoms with E-state index in [9.17, 15) is 4.79 Å². The fraction of sp³-hybridized carbons (Fsp3) is 0.529. The van der Waals surface area contributed by atoms with Gasteiger partial charge in [-0.1, -0.05) is 0 Å². The van der Waals surface area contributed by atoms with Crippen molar-refractivity contribution in [1.29, 1.82) is 0 Å². The Morgan fingerprint density at radius 1 is 1.27 bits per heavy atom. The fourth-order valence-corrected chi connectivity index (χ4v) is 3.90. The Morgan fingerprint density at radius 3 is 2.82 bits per heavy atom. The number of nitrogens with zero attached hydrogens (tertiary/aromatic N) is 1. The fourth-order valence-electron chi connectivity index (χ4n) is 3.90. The Bertz CT molecular complexity index is 654. The normalized spacial score (nSPS) is 21.8. The lowest BCUT2D eigenvalue weighted by atomic mass is 9.81. The second-order valence-electron chi connectivity index (χ2n) is 6.23. The van der Waals surface area contributed by atoms with Crippen LogP contribution in [0.3, 0.4) is 0 Å². The van der Waals surface area contributed by atoms with E-state index in [0.717, 1.165) is 37.4 Å². The van der Waals surface area contributed by atoms with E-state index in [1.54, 1.807) is 6.92 Å². The molecule has 1 unspecified atom stereocenters. The molecule has 3 aliphatic heterocycles. The molecule has 4 nitrogen and oxygen atoms in total. The molecule has 0 spiro atoms. The van der Waals surface area contributed by atoms with Gasteiger partial charge in [-0.25, -0.2) is 4.58 Å². The molecule has 1 atom stereocenters. The first-order valence-electron chi connectivity index (χ1n) is 7.76. The first-order chi connectivity index (χ1) is 10.2. The molecule has 0 saturated carbocycles. The van der Waals surface area contributed by atoms with Gasteiger partial charge in [0.05, 0.1) is 5.92 Å². The second kappa shape index (κ2) is 6.03. The number of rotatable bonds is 2. The minimum atomic E-state index is 0. The SMILES string of the molecule is CC(=O)CC1CCC[N+]2=C1c1cc3c(cc1CC2)OCO3.[Br-]. The summed E-state index contributed by atoms with van der Waals surface area (Å²) in [6.45, 7) is 4.17. The summed E-state index contributed by atoms with van der Waals surface area (Å²) in [5, 5.41) is 0. The monoisotopic (exact) mass is 365 g/mol. The molecule has 0 N–H and O–H groups in total. The minimum absolute atomic E-state index is 0. The molecule has 3 heterocycles. The van der Waals surface area contributed by atoms with E-state index in [2.05, 4.69) is 16.7 Å². The maximum Gasteiger partial charge on any atom is 0.231 e. The summed E-state index contributed by atoms with van der Waals surface area (Å²) in [5.41, 5.74) is 3.97. The van der Waals surface area contributed by atoms with Crippen LogP contribution < -0.4 is 26.5 Å². The van der Waals surface area contributed by atoms with Crippen LogP contribution >= 0.6 is 0 Å². The predicted molar refractivity (Wildman–Crippen MR) is 78.4 cm³/mol. The van der Waals surface area contributed by atoms with Gasteiger partial charge in [-0.2, -0.15) is 0 Å². The highest BCUT2D eigenvalue weighted by molar-refractivity contribution is 6.03. The van der Waals surface area contributed by atoms with Crippen molar-refractivity contribution in [3.63, 3.8) is 0 Å². The Morgan fingerprint density at radius 2 is 2.05 bits per heavy atom. The Hall–Kier alpha value is -1.36. The van der Waals surface area contributed by atoms with Crippen molar-refractivity contribution in [2.24, 2.45) is 5.92 Å². The number of hydrogen-bond donors (Lipinski definition) is 0. The lowest BCUT2D eigenvalue weighted by Gasteiger charge is -2.27. The van der Waals surface area contributed by atoms with Crippen LogP contribution in [0.4, 0.5) is 0 Å². The van der Waals surface area contributed by atoms with E-state index < -0.39 is 0 Å². The van der Waals surface area contributed by atoms with Crippen LogP contribution in [-0.2, 0) is 11.2 Å². The molecule has 5 heteroatoms. The van der Waals surface area contributed by atoms with Gasteiger partial charge in [0.2, 0.25) is 6.79 Å². The van der Waals surface area contributed by atoms with Gasteiger partial charge in [-0.3, -0.25) is 0 Å². The smallest absolute Gasteiger partial charge is 0.231 e. The maximum atomic E-state index is 11.6. The number of Topliss-reactive ketones (excluding diaryl/α,β-unsaturated/α-hetero) is 1. The molecule has 0 fully saturated rings. The standard InChI is InChI=1S/C17H20NO3.BrH/c1-11(19)7-13-3-2-5-18-6-4-12-8-15-16(21-10-20-15)9-14(12)17(13)18;/h8-9,13H,2-7,10H2,1H3;1H/q+1;/p-1. The number of ketones is 1. The lowest BCUT2D eigenvalue weighted by Crippen LogP contribution is -3.00. The Balaban J connectivity index is 0.00000144. The first kappa shape index (κ1) is 15.5. The van der Waals surface area contributed by atoms with Crippen molar-refractivity contribution in [3.8, 4) is 11.5 Å². The molecule has 0 aromatic heterocycles. The van der Waals surface area contributed by atoms with E-state index in [1.165, 1.54) is 23.3 Å². The van der Waals surface area contributed by atoms with Crippen molar-refractivity contribution in [2.45, 2.75) is 32.6 Å². The van der Waals surface area contributed by atoms with Crippen molar-refractivity contribution in [2.75, 3.05) is 19.9 Å². The molecule has 22 heavy (non-hydrogen) atoms. The quantitative estimate of drug-likeness (QED) is 0.642. The zero-order valence-electron chi connectivity index (χ0n) is 12.7. The van der Waals surface area contributed by atoms with Gasteiger partial charge in [-0.15, -0.1) is 0 Å². The molecule has 4 rings (SSSR count). The van der Waals surface area contributed by atoms with Crippen LogP contribution in [0, 0.1) is 5.92 Å². The Labute approximate surface area is 140 Å². The van der Waals surface area contributed by atoms with Gasteiger partial charge in [0.15, 0.2) is 17.2 Å². The van der Waals surface area contributed by atoms with Crippen LogP contribution in [0.1, 0.15) is 37.3 Å². The highest BCUT2D eigenvalue weighted by atomic mass is 79.9. The summed E-state index contributed by atoms with van der Waals surface area (Å²) in [6.07, 6.45) is 3.99. The lowest BCUT2D eigenvalue weighted by molar-refractivity contribution is -0.535. The predicted octanol–water partition coefficient (Wildman–Crippen LogP) is -0.834. The maximum absolute atomic E-state index is 11.6. The summed E-state index contributed by atoms with van der Waals surface area (Å²) in [5.74, 6) is 2.34. The zero-order chi connectivity index (χ0) is 14.4. The van der Waals surface area contributed by atoms with E-state index in [4.69, 9.17) is 9.47 Å². The van der Waals surface area contributed by atoms with E-state index in [1.807, 2.05) is 0 Å². The van der Waals surface area contributed by atoms with E-state index in [-0.39, 0.29) is 22.8 Å². The van der Waals surface area contributed by atoms with Crippen LogP contribution in [0.15, 0.2) is 12.1 Å². The van der Waals surface area contributed by atoms with Gasteiger partial charge < -0.3 is 31.2 Å². The molecule has 0 bridgehead atoms. The molecule has 3 aliphatic rings. The molecule has 1 aromatic carbocycles. The van der Waals surface area contributed by atoms with Gasteiger partial charge >= 0.3 is 0 Å². The summed E-state index contributed by atoms with van der Waals surface area (Å²) in [6, 6.07) is 4.25. The highest BCUT2D eigenvalue weighted by Crippen LogP contribution is 2.38. The molecule has 0 radical (unpaired) electrons. The summed E-state index contributed by atoms with van der Waals surface area (Å²) >= 11 is 0. The summed E-state index contributed by atoms with van der Waals surface area (Å²) in [4.78, 5) is 11.6. The van der Waals surface area contributed by atoms with Gasteiger partial charge in [-0.05, 0) is 31.0 Å². The number of carbonyl (C=O) groups excluding carboxylic acids is 1. The van der Waals surface area contributed by atoms with Crippen molar-refractivity contribution in [1.82, 2.24) is 0 Å². The molecule has 118 valence electrons. The Kier molecular flexibility index (Phi) is 4.26. The molecule has 0 amide bonds. The third kappa shape index (κ3) is 2.56. The summed E-state index contributed by atoms with van der Waals surface area (Å²) in [7, 11) is 0. The van der Waals surface area contributed by atoms with E-state index in [0.29, 0.717) is 19.1 Å². The molecular weight excluding hydrogens is 346 g/mol. The van der Waals surface area contributed by atoms with Gasteiger partial charge in [0.25, 0.3) is 0 Å². The van der Waals surface area contributed by atoms with E-state index >= 15 is 0 Å². The largest absolute Gasteiger partial charge is 1.00 e. The first-order valence-corrected chi connectivity index (χ1v) is 7.76. The van der Waals surface area contributed by atoms with Crippen LogP contribution in [0.2, 0.25) is 0 Å². The topological polar surface area (TPSA) is 38.5 Å². The average Bonchev–Trinajstić information content (AvgIpc) is 2.91. The van der Waals surface area contributed by atoms with Crippen molar-refractivity contribution in [3.05, 3.63) is 23.3 Å². The number of benzene rings is 1. The van der Waals surface area contributed by atoms with Crippen LogP contribution in [-0.4, -0.2) is 36.0 Å². The molecule has 1 aromatic rings. The molecule has 0 aliphatic carbocycles. The zero-order valence-corrected chi connectivity index (χ0v) is 14.3. The minimum Gasteiger partial charge on any atom is -1.00 e. The van der Waals surface area contributed by atoms with Gasteiger partial charge in [0.1, 0.15) is 18.9 Å². The van der Waals surface area contributed by atoms with Crippen LogP contribution in [0.25, 0.3) is 0 Å². The number of ether oxygens (including phenoxy) is 2. The highest BCUT2D eigenvalue weighted by Gasteiger charge is 2.37. The number of halogens is 1. The molecule has 0 saturated heterocycles. The van der Waals surface area contributed by atoms with Crippen molar-refractivity contribution >= 4 is 11.5 Å². The average molecular weight is 366 g/mol. The van der Waals surface area contributed by atoms with Crippen LogP contribution in [0.5, 0.6) is 11.5 Å². The van der Waals surface area contributed by atoms with Crippen molar-refractivity contribution < 1.29 is 35.8 Å². The third-order valence-corrected chi connectivity index (χ3v) is 4.77. The number of hydrogen-bond acceptors (Lipinski definition) is 3. The second-order valence-corrected chi connectivity index (χ2v) is 6.23. The molecular formula is C17H20BrNO3. The third-order valence-electron chi connectivity index (χ3n) is 4.77. The summed E-state index contributed by atoms with van der Waals surface area (Å²) < 4.78 is 13.5.